The molecule has 0 bridgehead atoms. The molecule has 4 aromatic rings. The predicted octanol–water partition coefficient (Wildman–Crippen LogP) is 5.38. The summed E-state index contributed by atoms with van der Waals surface area (Å²) >= 11 is 0. The molecule has 0 saturated carbocycles. The molecule has 0 atom stereocenters. The van der Waals surface area contributed by atoms with Crippen LogP contribution in [0.1, 0.15) is 0 Å². The van der Waals surface area contributed by atoms with Crippen molar-refractivity contribution in [2.75, 3.05) is 7.11 Å². The number of rotatable bonds is 4. The Morgan fingerprint density at radius 2 is 1.30 bits per heavy atom. The van der Waals surface area contributed by atoms with Gasteiger partial charge in [0.1, 0.15) is 5.75 Å². The van der Waals surface area contributed by atoms with Gasteiger partial charge in [-0.15, -0.1) is 0 Å². The highest BCUT2D eigenvalue weighted by molar-refractivity contribution is 5.92. The minimum Gasteiger partial charge on any atom is -0.497 e. The molecule has 132 valence electrons. The quantitative estimate of drug-likeness (QED) is 0.535. The first-order valence-electron chi connectivity index (χ1n) is 8.79. The maximum Gasteiger partial charge on any atom is 0.249 e. The van der Waals surface area contributed by atoms with Crippen molar-refractivity contribution >= 4 is 0 Å². The van der Waals surface area contributed by atoms with Crippen molar-refractivity contribution < 1.29 is 4.74 Å². The fourth-order valence-corrected chi connectivity index (χ4v) is 3.28. The zero-order valence-corrected chi connectivity index (χ0v) is 15.0. The normalized spacial score (nSPS) is 10.6. The average molecular weight is 353 g/mol. The van der Waals surface area contributed by atoms with Crippen LogP contribution >= 0.6 is 0 Å². The van der Waals surface area contributed by atoms with Crippen LogP contribution in [0.3, 0.4) is 0 Å². The molecule has 3 nitrogen and oxygen atoms in total. The molecule has 0 spiro atoms. The molecule has 0 fully saturated rings. The van der Waals surface area contributed by atoms with Crippen LogP contribution in [0.5, 0.6) is 5.75 Å². The zero-order chi connectivity index (χ0) is 18.6. The molecule has 0 saturated heterocycles. The Morgan fingerprint density at radius 3 is 1.89 bits per heavy atom. The number of benzene rings is 3. The van der Waals surface area contributed by atoms with E-state index in [1.165, 1.54) is 0 Å². The number of nitrogens with one attached hydrogen (secondary N) is 1. The van der Waals surface area contributed by atoms with Crippen LogP contribution in [0.4, 0.5) is 0 Å². The average Bonchev–Trinajstić information content (AvgIpc) is 2.74. The summed E-state index contributed by atoms with van der Waals surface area (Å²) in [4.78, 5) is 15.5. The molecule has 0 aliphatic heterocycles. The van der Waals surface area contributed by atoms with Crippen molar-refractivity contribution in [3.05, 3.63) is 101 Å². The second-order valence-corrected chi connectivity index (χ2v) is 6.26. The minimum atomic E-state index is -0.126. The third-order valence-electron chi connectivity index (χ3n) is 4.57. The van der Waals surface area contributed by atoms with Crippen molar-refractivity contribution in [1.82, 2.24) is 4.98 Å². The van der Waals surface area contributed by atoms with Crippen LogP contribution in [-0.4, -0.2) is 12.1 Å². The van der Waals surface area contributed by atoms with Crippen molar-refractivity contribution in [2.24, 2.45) is 0 Å². The van der Waals surface area contributed by atoms with E-state index in [0.717, 1.165) is 39.3 Å². The molecule has 0 unspecified atom stereocenters. The molecule has 0 radical (unpaired) electrons. The zero-order valence-electron chi connectivity index (χ0n) is 15.0. The Morgan fingerprint density at radius 1 is 0.704 bits per heavy atom. The van der Waals surface area contributed by atoms with Crippen molar-refractivity contribution in [1.29, 1.82) is 0 Å². The number of ether oxygens (including phenoxy) is 1. The van der Waals surface area contributed by atoms with Gasteiger partial charge in [0, 0.05) is 11.6 Å². The van der Waals surface area contributed by atoms with Gasteiger partial charge >= 0.3 is 0 Å². The highest BCUT2D eigenvalue weighted by atomic mass is 16.5. The van der Waals surface area contributed by atoms with Gasteiger partial charge in [-0.05, 0) is 34.4 Å². The minimum absolute atomic E-state index is 0.126. The summed E-state index contributed by atoms with van der Waals surface area (Å²) in [5, 5.41) is 0. The lowest BCUT2D eigenvalue weighted by molar-refractivity contribution is 0.415. The lowest BCUT2D eigenvalue weighted by Gasteiger charge is -2.16. The first kappa shape index (κ1) is 16.9. The van der Waals surface area contributed by atoms with E-state index in [1.807, 2.05) is 72.8 Å². The lowest BCUT2D eigenvalue weighted by atomic mass is 9.91. The molecule has 0 amide bonds. The monoisotopic (exact) mass is 353 g/mol. The Bertz CT molecular complexity index is 1100. The maximum atomic E-state index is 12.5. The number of hydrogen-bond acceptors (Lipinski definition) is 2. The summed E-state index contributed by atoms with van der Waals surface area (Å²) in [5.74, 6) is 0.785. The van der Waals surface area contributed by atoms with Gasteiger partial charge in [0.2, 0.25) is 5.56 Å². The van der Waals surface area contributed by atoms with Gasteiger partial charge in [0.05, 0.1) is 12.8 Å². The van der Waals surface area contributed by atoms with E-state index in [2.05, 4.69) is 17.1 Å². The number of hydrogen-bond donors (Lipinski definition) is 1. The van der Waals surface area contributed by atoms with Crippen LogP contribution in [0, 0.1) is 0 Å². The Labute approximate surface area is 157 Å². The van der Waals surface area contributed by atoms with Gasteiger partial charge < -0.3 is 9.72 Å². The maximum absolute atomic E-state index is 12.5. The van der Waals surface area contributed by atoms with Gasteiger partial charge in [0.15, 0.2) is 0 Å². The number of aromatic amines is 1. The molecule has 4 rings (SSSR count). The molecular weight excluding hydrogens is 334 g/mol. The third kappa shape index (κ3) is 3.40. The van der Waals surface area contributed by atoms with Gasteiger partial charge in [0.25, 0.3) is 0 Å². The van der Waals surface area contributed by atoms with Gasteiger partial charge in [-0.2, -0.15) is 0 Å². The molecule has 3 aromatic carbocycles. The smallest absolute Gasteiger partial charge is 0.249 e. The summed E-state index contributed by atoms with van der Waals surface area (Å²) in [6.45, 7) is 0. The number of aromatic nitrogens is 1. The standard InChI is InChI=1S/C24H19NO2/c1-27-20-14-12-17(13-15-20)21-16-22(26)25-24(19-10-6-3-7-11-19)23(21)18-8-4-2-5-9-18/h2-16H,1H3,(H,25,26). The van der Waals surface area contributed by atoms with E-state index in [1.54, 1.807) is 13.2 Å². The van der Waals surface area contributed by atoms with E-state index in [-0.39, 0.29) is 5.56 Å². The summed E-state index contributed by atoms with van der Waals surface area (Å²) in [5.41, 5.74) is 5.60. The van der Waals surface area contributed by atoms with E-state index < -0.39 is 0 Å². The Kier molecular flexibility index (Phi) is 4.58. The second-order valence-electron chi connectivity index (χ2n) is 6.26. The fraction of sp³-hybridized carbons (Fsp3) is 0.0417. The first-order chi connectivity index (χ1) is 13.3. The van der Waals surface area contributed by atoms with Crippen molar-refractivity contribution in [3.63, 3.8) is 0 Å². The second kappa shape index (κ2) is 7.34. The molecule has 1 N–H and O–H groups in total. The first-order valence-corrected chi connectivity index (χ1v) is 8.79. The molecule has 3 heteroatoms. The molecule has 1 aromatic heterocycles. The Hall–Kier alpha value is -3.59. The fourth-order valence-electron chi connectivity index (χ4n) is 3.28. The van der Waals surface area contributed by atoms with Gasteiger partial charge in [-0.25, -0.2) is 0 Å². The van der Waals surface area contributed by atoms with E-state index in [9.17, 15) is 4.79 Å². The van der Waals surface area contributed by atoms with Gasteiger partial charge in [-0.3, -0.25) is 4.79 Å². The highest BCUT2D eigenvalue weighted by Gasteiger charge is 2.16. The SMILES string of the molecule is COc1ccc(-c2cc(=O)[nH]c(-c3ccccc3)c2-c2ccccc2)cc1. The van der Waals surface area contributed by atoms with Crippen LogP contribution in [-0.2, 0) is 0 Å². The molecule has 0 aliphatic rings. The summed E-state index contributed by atoms with van der Waals surface area (Å²) in [7, 11) is 1.64. The van der Waals surface area contributed by atoms with Crippen LogP contribution in [0.25, 0.3) is 33.5 Å². The van der Waals surface area contributed by atoms with Crippen LogP contribution < -0.4 is 10.3 Å². The summed E-state index contributed by atoms with van der Waals surface area (Å²) in [6.07, 6.45) is 0. The molecule has 27 heavy (non-hydrogen) atoms. The van der Waals surface area contributed by atoms with Gasteiger partial charge in [-0.1, -0.05) is 72.8 Å². The third-order valence-corrected chi connectivity index (χ3v) is 4.57. The van der Waals surface area contributed by atoms with Crippen molar-refractivity contribution in [3.8, 4) is 39.3 Å². The Balaban J connectivity index is 2.03. The largest absolute Gasteiger partial charge is 0.497 e. The lowest BCUT2D eigenvalue weighted by Crippen LogP contribution is -2.08. The van der Waals surface area contributed by atoms with E-state index in [0.29, 0.717) is 0 Å². The van der Waals surface area contributed by atoms with Crippen LogP contribution in [0.2, 0.25) is 0 Å². The molecule has 1 heterocycles. The number of H-pyrrole nitrogens is 1. The number of methoxy groups -OCH3 is 1. The molecule has 0 aliphatic carbocycles. The highest BCUT2D eigenvalue weighted by Crippen LogP contribution is 2.38. The molecular formula is C24H19NO2. The topological polar surface area (TPSA) is 42.1 Å². The summed E-state index contributed by atoms with van der Waals surface area (Å²) < 4.78 is 5.27. The van der Waals surface area contributed by atoms with E-state index in [4.69, 9.17) is 4.74 Å². The van der Waals surface area contributed by atoms with Crippen LogP contribution in [0.15, 0.2) is 95.8 Å². The predicted molar refractivity (Wildman–Crippen MR) is 110 cm³/mol. The summed E-state index contributed by atoms with van der Waals surface area (Å²) in [6, 6.07) is 29.5. The number of pyridine rings is 1. The van der Waals surface area contributed by atoms with Crippen molar-refractivity contribution in [2.45, 2.75) is 0 Å². The van der Waals surface area contributed by atoms with E-state index >= 15 is 0 Å².